The minimum absolute atomic E-state index is 0.0771. The lowest BCUT2D eigenvalue weighted by molar-refractivity contribution is 0.0752. The Morgan fingerprint density at radius 3 is 3.04 bits per heavy atom. The first-order chi connectivity index (χ1) is 12.6. The van der Waals surface area contributed by atoms with Crippen LogP contribution < -0.4 is 21.7 Å². The van der Waals surface area contributed by atoms with E-state index in [1.165, 1.54) is 0 Å². The van der Waals surface area contributed by atoms with E-state index in [1.54, 1.807) is 0 Å². The molecule has 5 N–H and O–H groups in total. The number of ether oxygens (including phenoxy) is 1. The summed E-state index contributed by atoms with van der Waals surface area (Å²) in [5, 5.41) is 9.58. The number of rotatable bonds is 4. The van der Waals surface area contributed by atoms with Gasteiger partial charge in [-0.3, -0.25) is 4.79 Å². The van der Waals surface area contributed by atoms with Crippen molar-refractivity contribution in [3.63, 3.8) is 0 Å². The number of nitrogens with zero attached hydrogens (tertiary/aromatic N) is 1. The fraction of sp³-hybridized carbons (Fsp3) is 0.368. The van der Waals surface area contributed by atoms with Crippen LogP contribution in [0.1, 0.15) is 27.9 Å². The molecule has 0 radical (unpaired) electrons. The summed E-state index contributed by atoms with van der Waals surface area (Å²) in [6, 6.07) is 9.94. The van der Waals surface area contributed by atoms with Crippen LogP contribution in [0, 0.1) is 6.92 Å². The number of pyridine rings is 1. The first kappa shape index (κ1) is 16.8. The molecule has 4 rings (SSSR count). The number of aryl methyl sites for hydroxylation is 1. The first-order valence-electron chi connectivity index (χ1n) is 8.86. The van der Waals surface area contributed by atoms with Crippen molar-refractivity contribution in [2.75, 3.05) is 23.8 Å². The number of anilines is 3. The summed E-state index contributed by atoms with van der Waals surface area (Å²) in [7, 11) is 0. The Bertz CT molecular complexity index is 839. The average Bonchev–Trinajstić information content (AvgIpc) is 2.98. The van der Waals surface area contributed by atoms with Gasteiger partial charge in [-0.05, 0) is 42.7 Å². The van der Waals surface area contributed by atoms with E-state index >= 15 is 0 Å². The highest BCUT2D eigenvalue weighted by molar-refractivity contribution is 6.03. The van der Waals surface area contributed by atoms with Crippen molar-refractivity contribution in [2.45, 2.75) is 32.0 Å². The van der Waals surface area contributed by atoms with E-state index in [1.807, 2.05) is 37.3 Å². The number of fused-ring (bicyclic) bond motifs is 1. The molecule has 0 unspecified atom stereocenters. The number of carbonyl (C=O) groups excluding carboxylic acids is 1. The van der Waals surface area contributed by atoms with Crippen LogP contribution in [-0.2, 0) is 11.3 Å². The van der Waals surface area contributed by atoms with E-state index < -0.39 is 0 Å². The molecule has 7 heteroatoms. The number of carbonyl (C=O) groups is 1. The number of nitrogens with two attached hydrogens (primary N) is 1. The van der Waals surface area contributed by atoms with Gasteiger partial charge in [-0.15, -0.1) is 0 Å². The van der Waals surface area contributed by atoms with Gasteiger partial charge in [-0.1, -0.05) is 12.1 Å². The number of hydrogen-bond donors (Lipinski definition) is 4. The van der Waals surface area contributed by atoms with Crippen LogP contribution >= 0.6 is 0 Å². The Kier molecular flexibility index (Phi) is 4.48. The highest BCUT2D eigenvalue weighted by Crippen LogP contribution is 2.29. The molecule has 0 aliphatic carbocycles. The van der Waals surface area contributed by atoms with Crippen LogP contribution in [-0.4, -0.2) is 36.2 Å². The molecule has 0 spiro atoms. The largest absolute Gasteiger partial charge is 0.380 e. The number of amides is 1. The lowest BCUT2D eigenvalue weighted by Crippen LogP contribution is -2.47. The molecule has 2 aliphatic rings. The topological polar surface area (TPSA) is 101 Å². The number of hydrogen-bond acceptors (Lipinski definition) is 6. The monoisotopic (exact) mass is 353 g/mol. The van der Waals surface area contributed by atoms with Crippen LogP contribution in [0.25, 0.3) is 0 Å². The van der Waals surface area contributed by atoms with Gasteiger partial charge >= 0.3 is 0 Å². The molecule has 2 atom stereocenters. The molecule has 1 aromatic heterocycles. The van der Waals surface area contributed by atoms with Crippen molar-refractivity contribution in [2.24, 2.45) is 5.73 Å². The highest BCUT2D eigenvalue weighted by Gasteiger charge is 2.27. The van der Waals surface area contributed by atoms with Crippen molar-refractivity contribution in [1.82, 2.24) is 10.3 Å². The van der Waals surface area contributed by atoms with Gasteiger partial charge in [0, 0.05) is 30.9 Å². The summed E-state index contributed by atoms with van der Waals surface area (Å²) in [5.41, 5.74) is 9.72. The van der Waals surface area contributed by atoms with Gasteiger partial charge in [-0.25, -0.2) is 4.98 Å². The molecular weight excluding hydrogens is 330 g/mol. The zero-order valence-electron chi connectivity index (χ0n) is 14.7. The average molecular weight is 353 g/mol. The van der Waals surface area contributed by atoms with Gasteiger partial charge < -0.3 is 26.4 Å². The predicted molar refractivity (Wildman–Crippen MR) is 101 cm³/mol. The van der Waals surface area contributed by atoms with Gasteiger partial charge in [-0.2, -0.15) is 0 Å². The lowest BCUT2D eigenvalue weighted by Gasteiger charge is -2.30. The molecule has 2 aliphatic heterocycles. The third-order valence-electron chi connectivity index (χ3n) is 4.78. The Labute approximate surface area is 152 Å². The summed E-state index contributed by atoms with van der Waals surface area (Å²) in [5.74, 6) is 1.18. The second-order valence-corrected chi connectivity index (χ2v) is 6.85. The smallest absolute Gasteiger partial charge is 0.255 e. The summed E-state index contributed by atoms with van der Waals surface area (Å²) in [6.07, 6.45) is 0.831. The fourth-order valence-corrected chi connectivity index (χ4v) is 3.41. The normalized spacial score (nSPS) is 21.8. The van der Waals surface area contributed by atoms with E-state index in [-0.39, 0.29) is 18.0 Å². The van der Waals surface area contributed by atoms with Crippen molar-refractivity contribution in [3.05, 3.63) is 47.0 Å². The molecule has 2 aromatic rings. The molecule has 26 heavy (non-hydrogen) atoms. The number of aromatic nitrogens is 1. The third-order valence-corrected chi connectivity index (χ3v) is 4.78. The lowest BCUT2D eigenvalue weighted by atomic mass is 10.0. The second-order valence-electron chi connectivity index (χ2n) is 6.85. The molecule has 0 saturated carbocycles. The molecule has 7 nitrogen and oxygen atoms in total. The predicted octanol–water partition coefficient (Wildman–Crippen LogP) is 1.91. The molecule has 1 amide bonds. The molecule has 136 valence electrons. The maximum Gasteiger partial charge on any atom is 0.255 e. The summed E-state index contributed by atoms with van der Waals surface area (Å²) in [4.78, 5) is 16.9. The van der Waals surface area contributed by atoms with E-state index in [0.717, 1.165) is 29.1 Å². The van der Waals surface area contributed by atoms with Crippen molar-refractivity contribution < 1.29 is 9.53 Å². The maximum atomic E-state index is 12.2. The second kappa shape index (κ2) is 6.93. The summed E-state index contributed by atoms with van der Waals surface area (Å²) >= 11 is 0. The number of nitrogens with one attached hydrogen (secondary N) is 3. The van der Waals surface area contributed by atoms with Gasteiger partial charge in [0.25, 0.3) is 5.91 Å². The van der Waals surface area contributed by atoms with E-state index in [4.69, 9.17) is 10.5 Å². The maximum absolute atomic E-state index is 12.2. The molecule has 1 saturated heterocycles. The molecule has 0 bridgehead atoms. The zero-order chi connectivity index (χ0) is 18.1. The Hall–Kier alpha value is -2.64. The summed E-state index contributed by atoms with van der Waals surface area (Å²) in [6.45, 7) is 3.76. The van der Waals surface area contributed by atoms with Crippen molar-refractivity contribution in [1.29, 1.82) is 0 Å². The quantitative estimate of drug-likeness (QED) is 0.670. The standard InChI is InChI=1S/C19H23N5O2/c1-11-3-2-4-13(7-11)22-18-17-12(9-21-19(17)25)8-16(24-18)23-15-5-6-26-10-14(15)20/h2-4,7-8,14-15H,5-6,9-10,20H2,1H3,(H,21,25)(H2,22,23,24)/t14-,15+/m1/s1. The van der Waals surface area contributed by atoms with E-state index in [2.05, 4.69) is 20.9 Å². The number of benzene rings is 1. The Morgan fingerprint density at radius 2 is 2.23 bits per heavy atom. The molecule has 3 heterocycles. The zero-order valence-corrected chi connectivity index (χ0v) is 14.7. The Balaban J connectivity index is 1.65. The van der Waals surface area contributed by atoms with E-state index in [9.17, 15) is 4.79 Å². The van der Waals surface area contributed by atoms with Crippen molar-refractivity contribution in [3.8, 4) is 0 Å². The van der Waals surface area contributed by atoms with Crippen LogP contribution in [0.3, 0.4) is 0 Å². The molecule has 1 aromatic carbocycles. The van der Waals surface area contributed by atoms with Gasteiger partial charge in [0.05, 0.1) is 12.2 Å². The van der Waals surface area contributed by atoms with Crippen LogP contribution in [0.5, 0.6) is 0 Å². The van der Waals surface area contributed by atoms with Gasteiger partial charge in [0.1, 0.15) is 11.6 Å². The van der Waals surface area contributed by atoms with Crippen LogP contribution in [0.2, 0.25) is 0 Å². The summed E-state index contributed by atoms with van der Waals surface area (Å²) < 4.78 is 5.40. The molecule has 1 fully saturated rings. The minimum Gasteiger partial charge on any atom is -0.380 e. The fourth-order valence-electron chi connectivity index (χ4n) is 3.41. The Morgan fingerprint density at radius 1 is 1.35 bits per heavy atom. The van der Waals surface area contributed by atoms with Crippen LogP contribution in [0.4, 0.5) is 17.3 Å². The SMILES string of the molecule is Cc1cccc(Nc2nc(N[C@H]3CCOC[C@H]3N)cc3c2C(=O)NC3)c1. The highest BCUT2D eigenvalue weighted by atomic mass is 16.5. The van der Waals surface area contributed by atoms with Crippen LogP contribution in [0.15, 0.2) is 30.3 Å². The molecular formula is C19H23N5O2. The van der Waals surface area contributed by atoms with Gasteiger partial charge in [0.15, 0.2) is 0 Å². The van der Waals surface area contributed by atoms with E-state index in [0.29, 0.717) is 31.1 Å². The minimum atomic E-state index is -0.100. The van der Waals surface area contributed by atoms with Crippen molar-refractivity contribution >= 4 is 23.2 Å². The third kappa shape index (κ3) is 3.36. The van der Waals surface area contributed by atoms with Gasteiger partial charge in [0.2, 0.25) is 0 Å². The first-order valence-corrected chi connectivity index (χ1v) is 8.86.